The number of benzene rings is 1. The minimum Gasteiger partial charge on any atom is -0.480 e. The molecule has 1 aromatic heterocycles. The number of carboxylic acids is 1. The van der Waals surface area contributed by atoms with Gasteiger partial charge in [-0.05, 0) is 30.3 Å². The number of hydrogen-bond donors (Lipinski definition) is 2. The van der Waals surface area contributed by atoms with E-state index in [9.17, 15) is 23.5 Å². The van der Waals surface area contributed by atoms with Crippen LogP contribution in [-0.4, -0.2) is 29.1 Å². The van der Waals surface area contributed by atoms with Crippen LogP contribution in [0.1, 0.15) is 22.0 Å². The third kappa shape index (κ3) is 3.60. The van der Waals surface area contributed by atoms with E-state index in [0.29, 0.717) is 0 Å². The van der Waals surface area contributed by atoms with Crippen LogP contribution in [0.4, 0.5) is 8.78 Å². The predicted molar refractivity (Wildman–Crippen MR) is 75.0 cm³/mol. The number of aromatic nitrogens is 1. The number of carbonyl (C=O) groups excluding carboxylic acids is 1. The van der Waals surface area contributed by atoms with Crippen molar-refractivity contribution in [2.75, 3.05) is 7.11 Å². The van der Waals surface area contributed by atoms with Gasteiger partial charge in [0.2, 0.25) is 5.88 Å². The molecular weight excluding hydrogens is 310 g/mol. The summed E-state index contributed by atoms with van der Waals surface area (Å²) in [5.41, 5.74) is -0.522. The number of halogens is 2. The van der Waals surface area contributed by atoms with Crippen LogP contribution in [0.2, 0.25) is 0 Å². The number of nitrogens with one attached hydrogen (secondary N) is 1. The van der Waals surface area contributed by atoms with Crippen molar-refractivity contribution in [3.63, 3.8) is 0 Å². The molecule has 0 saturated heterocycles. The van der Waals surface area contributed by atoms with Gasteiger partial charge >= 0.3 is 5.97 Å². The number of ether oxygens (including phenoxy) is 1. The zero-order valence-electron chi connectivity index (χ0n) is 11.9. The standard InChI is InChI=1S/C15H12F2N2O4/c1-23-14-9(3-2-6-18-14)13(20)19-12(15(21)22)10-7-8(16)4-5-11(10)17/h2-7,12H,1H3,(H,19,20)(H,21,22). The van der Waals surface area contributed by atoms with Crippen LogP contribution >= 0.6 is 0 Å². The number of nitrogens with zero attached hydrogens (tertiary/aromatic N) is 1. The van der Waals surface area contributed by atoms with E-state index in [4.69, 9.17) is 4.74 Å². The monoisotopic (exact) mass is 322 g/mol. The molecule has 0 radical (unpaired) electrons. The molecule has 23 heavy (non-hydrogen) atoms. The van der Waals surface area contributed by atoms with Gasteiger partial charge in [0.1, 0.15) is 17.2 Å². The average molecular weight is 322 g/mol. The molecule has 8 heteroatoms. The molecule has 1 atom stereocenters. The van der Waals surface area contributed by atoms with Crippen molar-refractivity contribution in [2.45, 2.75) is 6.04 Å². The van der Waals surface area contributed by atoms with Crippen molar-refractivity contribution in [3.8, 4) is 5.88 Å². The van der Waals surface area contributed by atoms with Gasteiger partial charge in [-0.2, -0.15) is 0 Å². The molecule has 0 spiro atoms. The lowest BCUT2D eigenvalue weighted by atomic mass is 10.1. The smallest absolute Gasteiger partial charge is 0.331 e. The van der Waals surface area contributed by atoms with Gasteiger partial charge in [-0.1, -0.05) is 0 Å². The molecule has 0 bridgehead atoms. The Morgan fingerprint density at radius 3 is 2.70 bits per heavy atom. The molecular formula is C15H12F2N2O4. The van der Waals surface area contributed by atoms with E-state index in [1.807, 2.05) is 0 Å². The molecule has 1 amide bonds. The fraction of sp³-hybridized carbons (Fsp3) is 0.133. The van der Waals surface area contributed by atoms with E-state index in [0.717, 1.165) is 18.2 Å². The number of amides is 1. The van der Waals surface area contributed by atoms with Crippen molar-refractivity contribution in [1.29, 1.82) is 0 Å². The van der Waals surface area contributed by atoms with Crippen LogP contribution < -0.4 is 10.1 Å². The maximum atomic E-state index is 13.8. The van der Waals surface area contributed by atoms with Gasteiger partial charge in [0, 0.05) is 11.8 Å². The third-order valence-corrected chi connectivity index (χ3v) is 3.00. The third-order valence-electron chi connectivity index (χ3n) is 3.00. The number of pyridine rings is 1. The second kappa shape index (κ2) is 6.82. The maximum Gasteiger partial charge on any atom is 0.331 e. The molecule has 0 aliphatic heterocycles. The van der Waals surface area contributed by atoms with Gasteiger partial charge in [0.25, 0.3) is 5.91 Å². The van der Waals surface area contributed by atoms with Gasteiger partial charge < -0.3 is 15.2 Å². The SMILES string of the molecule is COc1ncccc1C(=O)NC(C(=O)O)c1cc(F)ccc1F. The summed E-state index contributed by atoms with van der Waals surface area (Å²) in [6, 6.07) is 3.41. The fourth-order valence-corrected chi connectivity index (χ4v) is 1.94. The summed E-state index contributed by atoms with van der Waals surface area (Å²) in [5, 5.41) is 11.3. The Hall–Kier alpha value is -3.03. The predicted octanol–water partition coefficient (Wildman–Crippen LogP) is 1.92. The Balaban J connectivity index is 2.35. The second-order valence-corrected chi connectivity index (χ2v) is 4.47. The first-order valence-electron chi connectivity index (χ1n) is 6.41. The quantitative estimate of drug-likeness (QED) is 0.878. The van der Waals surface area contributed by atoms with Crippen molar-refractivity contribution in [2.24, 2.45) is 0 Å². The molecule has 0 fully saturated rings. The van der Waals surface area contributed by atoms with Crippen LogP contribution in [0.15, 0.2) is 36.5 Å². The molecule has 120 valence electrons. The highest BCUT2D eigenvalue weighted by molar-refractivity contribution is 5.98. The number of methoxy groups -OCH3 is 1. The molecule has 1 heterocycles. The summed E-state index contributed by atoms with van der Waals surface area (Å²) in [6.07, 6.45) is 1.39. The van der Waals surface area contributed by atoms with Crippen molar-refractivity contribution < 1.29 is 28.2 Å². The summed E-state index contributed by atoms with van der Waals surface area (Å²) in [6.45, 7) is 0. The van der Waals surface area contributed by atoms with Crippen molar-refractivity contribution in [1.82, 2.24) is 10.3 Å². The first-order chi connectivity index (χ1) is 10.9. The number of rotatable bonds is 5. The number of hydrogen-bond acceptors (Lipinski definition) is 4. The molecule has 2 aromatic rings. The topological polar surface area (TPSA) is 88.5 Å². The average Bonchev–Trinajstić information content (AvgIpc) is 2.54. The molecule has 6 nitrogen and oxygen atoms in total. The van der Waals surface area contributed by atoms with Crippen molar-refractivity contribution >= 4 is 11.9 Å². The first kappa shape index (κ1) is 16.3. The lowest BCUT2D eigenvalue weighted by Crippen LogP contribution is -2.34. The van der Waals surface area contributed by atoms with E-state index in [1.54, 1.807) is 0 Å². The first-order valence-corrected chi connectivity index (χ1v) is 6.41. The van der Waals surface area contributed by atoms with Crippen LogP contribution in [-0.2, 0) is 4.79 Å². The summed E-state index contributed by atoms with van der Waals surface area (Å²) in [4.78, 5) is 27.3. The largest absolute Gasteiger partial charge is 0.480 e. The summed E-state index contributed by atoms with van der Waals surface area (Å²) in [7, 11) is 1.29. The molecule has 2 N–H and O–H groups in total. The minimum atomic E-state index is -1.76. The molecule has 1 unspecified atom stereocenters. The zero-order chi connectivity index (χ0) is 17.0. The highest BCUT2D eigenvalue weighted by atomic mass is 19.1. The Bertz CT molecular complexity index is 752. The Morgan fingerprint density at radius 1 is 1.30 bits per heavy atom. The normalized spacial score (nSPS) is 11.6. The zero-order valence-corrected chi connectivity index (χ0v) is 11.9. The lowest BCUT2D eigenvalue weighted by molar-refractivity contribution is -0.139. The van der Waals surface area contributed by atoms with E-state index in [2.05, 4.69) is 10.3 Å². The molecule has 0 aliphatic carbocycles. The lowest BCUT2D eigenvalue weighted by Gasteiger charge is -2.16. The second-order valence-electron chi connectivity index (χ2n) is 4.47. The van der Waals surface area contributed by atoms with Gasteiger partial charge in [0.05, 0.1) is 7.11 Å². The fourth-order valence-electron chi connectivity index (χ4n) is 1.94. The van der Waals surface area contributed by atoms with Crippen LogP contribution in [0.5, 0.6) is 5.88 Å². The summed E-state index contributed by atoms with van der Waals surface area (Å²) in [5.74, 6) is -4.16. The van der Waals surface area contributed by atoms with Crippen LogP contribution in [0.3, 0.4) is 0 Å². The minimum absolute atomic E-state index is 0.0196. The highest BCUT2D eigenvalue weighted by Gasteiger charge is 2.27. The maximum absolute atomic E-state index is 13.8. The Morgan fingerprint density at radius 2 is 2.04 bits per heavy atom. The number of carboxylic acid groups (broad SMARTS) is 1. The highest BCUT2D eigenvalue weighted by Crippen LogP contribution is 2.21. The Labute approximate surface area is 129 Å². The van der Waals surface area contributed by atoms with Gasteiger partial charge in [-0.15, -0.1) is 0 Å². The molecule has 1 aromatic carbocycles. The van der Waals surface area contributed by atoms with E-state index in [-0.39, 0.29) is 11.4 Å². The molecule has 0 aliphatic rings. The van der Waals surface area contributed by atoms with Crippen LogP contribution in [0.25, 0.3) is 0 Å². The van der Waals surface area contributed by atoms with E-state index >= 15 is 0 Å². The van der Waals surface area contributed by atoms with Crippen molar-refractivity contribution in [3.05, 3.63) is 59.3 Å². The van der Waals surface area contributed by atoms with Gasteiger partial charge in [-0.3, -0.25) is 4.79 Å². The number of carbonyl (C=O) groups is 2. The summed E-state index contributed by atoms with van der Waals surface area (Å²) < 4.78 is 31.9. The van der Waals surface area contributed by atoms with Gasteiger partial charge in [0.15, 0.2) is 6.04 Å². The van der Waals surface area contributed by atoms with Gasteiger partial charge in [-0.25, -0.2) is 18.6 Å². The summed E-state index contributed by atoms with van der Waals surface area (Å²) >= 11 is 0. The van der Waals surface area contributed by atoms with E-state index in [1.165, 1.54) is 25.4 Å². The molecule has 2 rings (SSSR count). The molecule has 0 saturated carbocycles. The Kier molecular flexibility index (Phi) is 4.85. The van der Waals surface area contributed by atoms with Crippen LogP contribution in [0, 0.1) is 11.6 Å². The number of aliphatic carboxylic acids is 1. The van der Waals surface area contributed by atoms with E-state index < -0.39 is 35.1 Å².